The molecule has 0 fully saturated rings. The Morgan fingerprint density at radius 1 is 0.531 bits per heavy atom. The normalized spacial score (nSPS) is 13.3. The van der Waals surface area contributed by atoms with Gasteiger partial charge in [-0.3, -0.25) is 4.57 Å². The predicted octanol–water partition coefficient (Wildman–Crippen LogP) is 11.8. The van der Waals surface area contributed by atoms with E-state index in [0.29, 0.717) is 6.67 Å². The third-order valence-electron chi connectivity index (χ3n) is 9.60. The molecule has 0 saturated heterocycles. The molecule has 244 valence electrons. The van der Waals surface area contributed by atoms with Crippen molar-refractivity contribution in [2.45, 2.75) is 52.4 Å². The number of benzene rings is 5. The highest BCUT2D eigenvalue weighted by molar-refractivity contribution is 6.09. The number of para-hydroxylation sites is 4. The monoisotopic (exact) mass is 642 g/mol. The molecule has 0 aliphatic carbocycles. The molecular weight excluding hydrogens is 601 g/mol. The second-order valence-electron chi connectivity index (χ2n) is 15.1. The molecule has 0 radical (unpaired) electrons. The van der Waals surface area contributed by atoms with E-state index in [1.807, 2.05) is 6.20 Å². The summed E-state index contributed by atoms with van der Waals surface area (Å²) in [6.07, 6.45) is 1.92. The molecule has 0 spiro atoms. The minimum absolute atomic E-state index is 0.00841. The number of aromatic nitrogens is 2. The number of ether oxygens (including phenoxy) is 1. The van der Waals surface area contributed by atoms with Crippen LogP contribution in [-0.4, -0.2) is 16.2 Å². The average Bonchev–Trinajstić information content (AvgIpc) is 3.64. The molecule has 5 heteroatoms. The third-order valence-corrected chi connectivity index (χ3v) is 9.60. The van der Waals surface area contributed by atoms with Gasteiger partial charge in [-0.15, -0.1) is 0 Å². The van der Waals surface area contributed by atoms with E-state index in [0.717, 1.165) is 34.0 Å². The van der Waals surface area contributed by atoms with E-state index in [9.17, 15) is 0 Å². The van der Waals surface area contributed by atoms with Gasteiger partial charge >= 0.3 is 0 Å². The highest BCUT2D eigenvalue weighted by Crippen LogP contribution is 2.46. The Morgan fingerprint density at radius 2 is 1.18 bits per heavy atom. The van der Waals surface area contributed by atoms with Crippen LogP contribution in [-0.2, 0) is 10.8 Å². The highest BCUT2D eigenvalue weighted by Gasteiger charge is 2.29. The van der Waals surface area contributed by atoms with Crippen molar-refractivity contribution in [3.63, 3.8) is 0 Å². The molecule has 0 atom stereocenters. The van der Waals surface area contributed by atoms with Crippen LogP contribution in [0.5, 0.6) is 11.5 Å². The molecular formula is C44H42N4O. The van der Waals surface area contributed by atoms with Crippen LogP contribution in [0, 0.1) is 0 Å². The van der Waals surface area contributed by atoms with Gasteiger partial charge < -0.3 is 14.5 Å². The van der Waals surface area contributed by atoms with Crippen molar-refractivity contribution in [1.29, 1.82) is 0 Å². The van der Waals surface area contributed by atoms with Crippen LogP contribution in [0.25, 0.3) is 27.6 Å². The Balaban J connectivity index is 1.23. The van der Waals surface area contributed by atoms with Crippen molar-refractivity contribution < 1.29 is 4.74 Å². The molecule has 5 nitrogen and oxygen atoms in total. The van der Waals surface area contributed by atoms with Crippen molar-refractivity contribution in [2.75, 3.05) is 16.5 Å². The van der Waals surface area contributed by atoms with E-state index < -0.39 is 0 Å². The maximum Gasteiger partial charge on any atom is 0.137 e. The molecule has 49 heavy (non-hydrogen) atoms. The number of fused-ring (bicyclic) bond motifs is 4. The summed E-state index contributed by atoms with van der Waals surface area (Å²) in [4.78, 5) is 9.62. The van der Waals surface area contributed by atoms with Gasteiger partial charge in [-0.25, -0.2) is 4.98 Å². The van der Waals surface area contributed by atoms with Crippen LogP contribution in [0.1, 0.15) is 52.7 Å². The molecule has 2 aromatic heterocycles. The van der Waals surface area contributed by atoms with Crippen LogP contribution in [0.4, 0.5) is 22.7 Å². The maximum atomic E-state index is 6.81. The number of anilines is 4. The molecule has 0 amide bonds. The summed E-state index contributed by atoms with van der Waals surface area (Å²) >= 11 is 0. The van der Waals surface area contributed by atoms with Gasteiger partial charge in [0.1, 0.15) is 24.0 Å². The number of pyridine rings is 1. The summed E-state index contributed by atoms with van der Waals surface area (Å²) in [6, 6.07) is 45.2. The van der Waals surface area contributed by atoms with Crippen LogP contribution in [0.15, 0.2) is 134 Å². The lowest BCUT2D eigenvalue weighted by molar-refractivity contribution is 0.479. The smallest absolute Gasteiger partial charge is 0.137 e. The van der Waals surface area contributed by atoms with Crippen molar-refractivity contribution >= 4 is 44.6 Å². The van der Waals surface area contributed by atoms with Gasteiger partial charge in [0, 0.05) is 40.5 Å². The summed E-state index contributed by atoms with van der Waals surface area (Å²) < 4.78 is 9.08. The number of rotatable bonds is 5. The zero-order valence-electron chi connectivity index (χ0n) is 29.1. The van der Waals surface area contributed by atoms with Crippen LogP contribution >= 0.6 is 0 Å². The Bertz CT molecular complexity index is 2320. The van der Waals surface area contributed by atoms with Crippen LogP contribution in [0.3, 0.4) is 0 Å². The minimum atomic E-state index is -0.0768. The lowest BCUT2D eigenvalue weighted by Gasteiger charge is -2.26. The summed E-state index contributed by atoms with van der Waals surface area (Å²) in [5.41, 5.74) is 9.24. The number of hydrogen-bond acceptors (Lipinski definition) is 4. The zero-order chi connectivity index (χ0) is 33.9. The Kier molecular flexibility index (Phi) is 7.25. The van der Waals surface area contributed by atoms with Crippen molar-refractivity contribution in [3.8, 4) is 17.3 Å². The van der Waals surface area contributed by atoms with Crippen LogP contribution < -0.4 is 14.5 Å². The fourth-order valence-electron chi connectivity index (χ4n) is 6.90. The number of hydrogen-bond donors (Lipinski definition) is 0. The van der Waals surface area contributed by atoms with Crippen molar-refractivity contribution in [3.05, 3.63) is 145 Å². The molecule has 3 heterocycles. The van der Waals surface area contributed by atoms with Crippen molar-refractivity contribution in [2.24, 2.45) is 0 Å². The SMILES string of the molecule is CC(C)(C)c1cc(Oc2ccc3c4ccccc4n(-c4cc(C(C)(C)C)ccn4)c3c2)cc(N2CN(c3ccccc3)c3ccccc32)c1. The predicted molar refractivity (Wildman–Crippen MR) is 205 cm³/mol. The summed E-state index contributed by atoms with van der Waals surface area (Å²) in [7, 11) is 0. The maximum absolute atomic E-state index is 6.81. The second kappa shape index (κ2) is 11.6. The molecule has 0 N–H and O–H groups in total. The molecule has 7 aromatic rings. The molecule has 8 rings (SSSR count). The molecule has 0 saturated carbocycles. The van der Waals surface area contributed by atoms with Gasteiger partial charge in [-0.2, -0.15) is 0 Å². The molecule has 0 unspecified atom stereocenters. The first kappa shape index (κ1) is 30.8. The summed E-state index contributed by atoms with van der Waals surface area (Å²) in [5, 5.41) is 2.37. The minimum Gasteiger partial charge on any atom is -0.457 e. The van der Waals surface area contributed by atoms with Gasteiger partial charge in [-0.1, -0.05) is 90.1 Å². The third kappa shape index (κ3) is 5.59. The van der Waals surface area contributed by atoms with Gasteiger partial charge in [0.25, 0.3) is 0 Å². The first-order chi connectivity index (χ1) is 23.5. The lowest BCUT2D eigenvalue weighted by Crippen LogP contribution is -2.24. The topological polar surface area (TPSA) is 33.5 Å². The van der Waals surface area contributed by atoms with E-state index in [4.69, 9.17) is 9.72 Å². The molecule has 5 aromatic carbocycles. The van der Waals surface area contributed by atoms with Gasteiger partial charge in [0.2, 0.25) is 0 Å². The van der Waals surface area contributed by atoms with E-state index >= 15 is 0 Å². The number of nitrogens with zero attached hydrogens (tertiary/aromatic N) is 4. The molecule has 1 aliphatic heterocycles. The fraction of sp³-hybridized carbons (Fsp3) is 0.205. The molecule has 0 bridgehead atoms. The van der Waals surface area contributed by atoms with Crippen molar-refractivity contribution in [1.82, 2.24) is 9.55 Å². The largest absolute Gasteiger partial charge is 0.457 e. The summed E-state index contributed by atoms with van der Waals surface area (Å²) in [5.74, 6) is 2.50. The Hall–Kier alpha value is -5.55. The molecule has 1 aliphatic rings. The quantitative estimate of drug-likeness (QED) is 0.187. The van der Waals surface area contributed by atoms with Gasteiger partial charge in [0.15, 0.2) is 0 Å². The lowest BCUT2D eigenvalue weighted by atomic mass is 9.86. The average molecular weight is 643 g/mol. The van der Waals surface area contributed by atoms with E-state index in [1.54, 1.807) is 0 Å². The first-order valence-electron chi connectivity index (χ1n) is 17.1. The van der Waals surface area contributed by atoms with E-state index in [1.165, 1.54) is 39.0 Å². The first-order valence-corrected chi connectivity index (χ1v) is 17.1. The van der Waals surface area contributed by atoms with Gasteiger partial charge in [0.05, 0.1) is 22.4 Å². The standard InChI is InChI=1S/C44H42N4O/c1-43(2,3)30-22-23-45-42(26-30)48-38-17-11-10-16-36(38)37-21-20-34(28-41(37)48)49-35-25-31(44(4,5)6)24-33(27-35)47-29-46(32-14-8-7-9-15-32)39-18-12-13-19-40(39)47/h7-28H,29H2,1-6H3. The van der Waals surface area contributed by atoms with E-state index in [2.05, 4.69) is 183 Å². The fourth-order valence-corrected chi connectivity index (χ4v) is 6.90. The Morgan fingerprint density at radius 3 is 1.92 bits per heavy atom. The second-order valence-corrected chi connectivity index (χ2v) is 15.1. The van der Waals surface area contributed by atoms with E-state index in [-0.39, 0.29) is 10.8 Å². The highest BCUT2D eigenvalue weighted by atomic mass is 16.5. The Labute approximate surface area is 289 Å². The van der Waals surface area contributed by atoms with Crippen LogP contribution in [0.2, 0.25) is 0 Å². The zero-order valence-corrected chi connectivity index (χ0v) is 29.1. The van der Waals surface area contributed by atoms with Gasteiger partial charge in [-0.05, 0) is 88.7 Å². The summed E-state index contributed by atoms with van der Waals surface area (Å²) in [6.45, 7) is 14.2.